The van der Waals surface area contributed by atoms with E-state index in [0.717, 1.165) is 5.56 Å². The number of carbonyl (C=O) groups is 1. The van der Waals surface area contributed by atoms with E-state index in [-0.39, 0.29) is 11.4 Å². The van der Waals surface area contributed by atoms with Gasteiger partial charge in [0.05, 0.1) is 18.8 Å². The lowest BCUT2D eigenvalue weighted by molar-refractivity contribution is 0.0518. The standard InChI is InChI=1S/C13H15N3O3/c1-3-19-13(18)12-9(2)16(15-14-12)8-10-5-4-6-11(17)7-10/h4-7,17H,3,8H2,1-2H3. The summed E-state index contributed by atoms with van der Waals surface area (Å²) < 4.78 is 6.49. The van der Waals surface area contributed by atoms with E-state index < -0.39 is 5.97 Å². The highest BCUT2D eigenvalue weighted by Crippen LogP contribution is 2.13. The highest BCUT2D eigenvalue weighted by Gasteiger charge is 2.17. The molecule has 2 aromatic rings. The van der Waals surface area contributed by atoms with Gasteiger partial charge in [-0.1, -0.05) is 17.3 Å². The van der Waals surface area contributed by atoms with Gasteiger partial charge in [-0.15, -0.1) is 5.10 Å². The fraction of sp³-hybridized carbons (Fsp3) is 0.308. The van der Waals surface area contributed by atoms with Crippen LogP contribution >= 0.6 is 0 Å². The highest BCUT2D eigenvalue weighted by molar-refractivity contribution is 5.88. The van der Waals surface area contributed by atoms with Crippen molar-refractivity contribution in [3.05, 3.63) is 41.2 Å². The van der Waals surface area contributed by atoms with Gasteiger partial charge in [0.25, 0.3) is 0 Å². The Morgan fingerprint density at radius 1 is 1.47 bits per heavy atom. The lowest BCUT2D eigenvalue weighted by atomic mass is 10.2. The van der Waals surface area contributed by atoms with Gasteiger partial charge >= 0.3 is 5.97 Å². The SMILES string of the molecule is CCOC(=O)c1nnn(Cc2cccc(O)c2)c1C. The van der Waals surface area contributed by atoms with Gasteiger partial charge in [0.1, 0.15) is 5.75 Å². The summed E-state index contributed by atoms with van der Waals surface area (Å²) in [6.07, 6.45) is 0. The third-order valence-electron chi connectivity index (χ3n) is 2.69. The van der Waals surface area contributed by atoms with Gasteiger partial charge in [-0.25, -0.2) is 9.48 Å². The molecular formula is C13H15N3O3. The molecular weight excluding hydrogens is 246 g/mol. The first-order valence-electron chi connectivity index (χ1n) is 5.97. The first-order chi connectivity index (χ1) is 9.11. The molecule has 19 heavy (non-hydrogen) atoms. The van der Waals surface area contributed by atoms with Crippen molar-refractivity contribution in [1.29, 1.82) is 0 Å². The molecule has 0 bridgehead atoms. The molecule has 2 rings (SSSR count). The summed E-state index contributed by atoms with van der Waals surface area (Å²) in [7, 11) is 0. The number of rotatable bonds is 4. The number of ether oxygens (including phenoxy) is 1. The Kier molecular flexibility index (Phi) is 3.79. The summed E-state index contributed by atoms with van der Waals surface area (Å²) in [6.45, 7) is 4.24. The Bertz CT molecular complexity index is 593. The molecule has 0 saturated carbocycles. The second kappa shape index (κ2) is 5.51. The minimum absolute atomic E-state index is 0.195. The zero-order chi connectivity index (χ0) is 13.8. The maximum atomic E-state index is 11.6. The number of nitrogens with zero attached hydrogens (tertiary/aromatic N) is 3. The molecule has 1 N–H and O–H groups in total. The molecule has 6 nitrogen and oxygen atoms in total. The third-order valence-corrected chi connectivity index (χ3v) is 2.69. The van der Waals surface area contributed by atoms with Crippen molar-refractivity contribution in [1.82, 2.24) is 15.0 Å². The van der Waals surface area contributed by atoms with Gasteiger partial charge in [0.15, 0.2) is 5.69 Å². The number of aromatic nitrogens is 3. The Balaban J connectivity index is 2.20. The van der Waals surface area contributed by atoms with Crippen LogP contribution in [0.4, 0.5) is 0 Å². The molecule has 6 heteroatoms. The lowest BCUT2D eigenvalue weighted by Crippen LogP contribution is -2.08. The first-order valence-corrected chi connectivity index (χ1v) is 5.97. The highest BCUT2D eigenvalue weighted by atomic mass is 16.5. The maximum absolute atomic E-state index is 11.6. The Hall–Kier alpha value is -2.37. The monoisotopic (exact) mass is 261 g/mol. The van der Waals surface area contributed by atoms with Gasteiger partial charge in [0, 0.05) is 0 Å². The zero-order valence-electron chi connectivity index (χ0n) is 10.8. The van der Waals surface area contributed by atoms with Crippen LogP contribution in [0.25, 0.3) is 0 Å². The van der Waals surface area contributed by atoms with Crippen LogP contribution in [-0.4, -0.2) is 32.7 Å². The number of benzene rings is 1. The summed E-state index contributed by atoms with van der Waals surface area (Å²) in [4.78, 5) is 11.6. The van der Waals surface area contributed by atoms with Gasteiger partial charge in [0.2, 0.25) is 0 Å². The van der Waals surface area contributed by atoms with Crippen molar-refractivity contribution in [3.8, 4) is 5.75 Å². The molecule has 0 aliphatic carbocycles. The molecule has 1 aromatic carbocycles. The van der Waals surface area contributed by atoms with E-state index in [1.165, 1.54) is 0 Å². The van der Waals surface area contributed by atoms with E-state index in [1.807, 2.05) is 6.07 Å². The number of carbonyl (C=O) groups excluding carboxylic acids is 1. The minimum atomic E-state index is -0.470. The molecule has 0 radical (unpaired) electrons. The van der Waals surface area contributed by atoms with E-state index in [4.69, 9.17) is 4.74 Å². The molecule has 0 fully saturated rings. The van der Waals surface area contributed by atoms with E-state index in [1.54, 1.807) is 36.7 Å². The number of hydrogen-bond donors (Lipinski definition) is 1. The van der Waals surface area contributed by atoms with E-state index in [2.05, 4.69) is 10.3 Å². The molecule has 0 saturated heterocycles. The van der Waals surface area contributed by atoms with Gasteiger partial charge in [-0.3, -0.25) is 0 Å². The number of phenolic OH excluding ortho intramolecular Hbond substituents is 1. The van der Waals surface area contributed by atoms with Crippen molar-refractivity contribution in [2.75, 3.05) is 6.61 Å². The maximum Gasteiger partial charge on any atom is 0.360 e. The molecule has 0 aliphatic heterocycles. The Morgan fingerprint density at radius 2 is 2.26 bits per heavy atom. The van der Waals surface area contributed by atoms with Crippen LogP contribution in [0.3, 0.4) is 0 Å². The summed E-state index contributed by atoms with van der Waals surface area (Å²) >= 11 is 0. The molecule has 1 aromatic heterocycles. The average molecular weight is 261 g/mol. The van der Waals surface area contributed by atoms with Gasteiger partial charge < -0.3 is 9.84 Å². The fourth-order valence-corrected chi connectivity index (χ4v) is 1.73. The van der Waals surface area contributed by atoms with Crippen molar-refractivity contribution in [2.45, 2.75) is 20.4 Å². The molecule has 100 valence electrons. The first kappa shape index (κ1) is 13.1. The Labute approximate surface area is 110 Å². The fourth-order valence-electron chi connectivity index (χ4n) is 1.73. The number of phenols is 1. The quantitative estimate of drug-likeness (QED) is 0.844. The largest absolute Gasteiger partial charge is 0.508 e. The zero-order valence-corrected chi connectivity index (χ0v) is 10.8. The minimum Gasteiger partial charge on any atom is -0.508 e. The Morgan fingerprint density at radius 3 is 2.95 bits per heavy atom. The summed E-state index contributed by atoms with van der Waals surface area (Å²) in [5.41, 5.74) is 1.74. The summed E-state index contributed by atoms with van der Waals surface area (Å²) in [5.74, 6) is -0.275. The second-order valence-electron chi connectivity index (χ2n) is 4.07. The normalized spacial score (nSPS) is 10.4. The van der Waals surface area contributed by atoms with Crippen LogP contribution in [0.15, 0.2) is 24.3 Å². The van der Waals surface area contributed by atoms with E-state index >= 15 is 0 Å². The average Bonchev–Trinajstić information content (AvgIpc) is 2.71. The van der Waals surface area contributed by atoms with Gasteiger partial charge in [-0.05, 0) is 31.5 Å². The lowest BCUT2D eigenvalue weighted by Gasteiger charge is -2.04. The van der Waals surface area contributed by atoms with Crippen molar-refractivity contribution >= 4 is 5.97 Å². The van der Waals surface area contributed by atoms with Crippen LogP contribution in [0, 0.1) is 6.92 Å². The van der Waals surface area contributed by atoms with E-state index in [0.29, 0.717) is 18.8 Å². The van der Waals surface area contributed by atoms with Crippen molar-refractivity contribution in [3.63, 3.8) is 0 Å². The molecule has 0 unspecified atom stereocenters. The molecule has 1 heterocycles. The van der Waals surface area contributed by atoms with Crippen LogP contribution < -0.4 is 0 Å². The second-order valence-corrected chi connectivity index (χ2v) is 4.07. The number of aromatic hydroxyl groups is 1. The summed E-state index contributed by atoms with van der Waals surface area (Å²) in [5, 5.41) is 17.2. The van der Waals surface area contributed by atoms with Crippen molar-refractivity contribution < 1.29 is 14.6 Å². The number of esters is 1. The van der Waals surface area contributed by atoms with Crippen LogP contribution in [0.2, 0.25) is 0 Å². The van der Waals surface area contributed by atoms with Crippen LogP contribution in [-0.2, 0) is 11.3 Å². The molecule has 0 atom stereocenters. The summed E-state index contributed by atoms with van der Waals surface area (Å²) in [6, 6.07) is 6.86. The van der Waals surface area contributed by atoms with E-state index in [9.17, 15) is 9.90 Å². The third kappa shape index (κ3) is 2.90. The number of hydrogen-bond acceptors (Lipinski definition) is 5. The topological polar surface area (TPSA) is 77.2 Å². The van der Waals surface area contributed by atoms with Gasteiger partial charge in [-0.2, -0.15) is 0 Å². The molecule has 0 aliphatic rings. The van der Waals surface area contributed by atoms with Crippen molar-refractivity contribution in [2.24, 2.45) is 0 Å². The van der Waals surface area contributed by atoms with Crippen LogP contribution in [0.5, 0.6) is 5.75 Å². The molecule has 0 amide bonds. The predicted molar refractivity (Wildman–Crippen MR) is 67.9 cm³/mol. The van der Waals surface area contributed by atoms with Crippen LogP contribution in [0.1, 0.15) is 28.7 Å². The smallest absolute Gasteiger partial charge is 0.360 e. The molecule has 0 spiro atoms. The predicted octanol–water partition coefficient (Wildman–Crippen LogP) is 1.52.